The van der Waals surface area contributed by atoms with Crippen molar-refractivity contribution in [2.24, 2.45) is 5.73 Å². The zero-order chi connectivity index (χ0) is 13.8. The molecule has 0 radical (unpaired) electrons. The molecule has 0 aliphatic heterocycles. The van der Waals surface area contributed by atoms with Gasteiger partial charge in [0, 0.05) is 20.7 Å². The smallest absolute Gasteiger partial charge is 0.123 e. The minimum atomic E-state index is -0.375. The normalized spacial score (nSPS) is 10.4. The molecule has 2 nitrogen and oxygen atoms in total. The fourth-order valence-corrected chi connectivity index (χ4v) is 3.21. The Balaban J connectivity index is 2.20. The number of rotatable bonds is 4. The van der Waals surface area contributed by atoms with E-state index in [1.165, 1.54) is 12.1 Å². The number of nitrogens with one attached hydrogen (secondary N) is 1. The molecule has 19 heavy (non-hydrogen) atoms. The molecule has 2 aromatic rings. The summed E-state index contributed by atoms with van der Waals surface area (Å²) in [5.74, 6) is 0.153. The summed E-state index contributed by atoms with van der Waals surface area (Å²) in [5, 5.41) is 7.49. The molecule has 0 amide bonds. The van der Waals surface area contributed by atoms with Crippen molar-refractivity contribution in [2.75, 3.05) is 0 Å². The summed E-state index contributed by atoms with van der Waals surface area (Å²) in [5.41, 5.74) is 6.79. The number of benzene rings is 2. The Morgan fingerprint density at radius 2 is 2.00 bits per heavy atom. The largest absolute Gasteiger partial charge is 0.384 e. The van der Waals surface area contributed by atoms with Crippen LogP contribution in [0.5, 0.6) is 0 Å². The van der Waals surface area contributed by atoms with Gasteiger partial charge in [-0.05, 0) is 45.8 Å². The second-order valence-corrected chi connectivity index (χ2v) is 5.81. The summed E-state index contributed by atoms with van der Waals surface area (Å²) >= 11 is 5.10. The first-order valence-electron chi connectivity index (χ1n) is 5.58. The molecule has 98 valence electrons. The number of nitrogen functional groups attached to an aromatic ring is 1. The molecule has 0 fully saturated rings. The maximum absolute atomic E-state index is 13.2. The quantitative estimate of drug-likeness (QED) is 0.499. The van der Waals surface area contributed by atoms with Gasteiger partial charge in [0.25, 0.3) is 0 Å². The fraction of sp³-hybridized carbons (Fsp3) is 0.0714. The van der Waals surface area contributed by atoms with Crippen LogP contribution in [0.1, 0.15) is 11.1 Å². The lowest BCUT2D eigenvalue weighted by molar-refractivity contribution is 0.627. The maximum Gasteiger partial charge on any atom is 0.123 e. The van der Waals surface area contributed by atoms with Crippen molar-refractivity contribution >= 4 is 33.5 Å². The number of thioether (sulfide) groups is 1. The Labute approximate surface area is 123 Å². The molecule has 3 N–H and O–H groups in total. The van der Waals surface area contributed by atoms with Gasteiger partial charge in [-0.2, -0.15) is 0 Å². The second kappa shape index (κ2) is 6.21. The molecule has 0 bridgehead atoms. The highest BCUT2D eigenvalue weighted by atomic mass is 79.9. The predicted octanol–water partition coefficient (Wildman–Crippen LogP) is 4.16. The minimum Gasteiger partial charge on any atom is -0.384 e. The van der Waals surface area contributed by atoms with Crippen LogP contribution in [0.4, 0.5) is 4.39 Å². The SMILES string of the molecule is N=C(N)c1cc(F)ccc1CSc1ccccc1Br. The summed E-state index contributed by atoms with van der Waals surface area (Å²) in [6, 6.07) is 12.3. The average molecular weight is 339 g/mol. The number of amidine groups is 1. The first-order chi connectivity index (χ1) is 9.08. The summed E-state index contributed by atoms with van der Waals surface area (Å²) in [6.45, 7) is 0. The van der Waals surface area contributed by atoms with Gasteiger partial charge in [0.1, 0.15) is 11.7 Å². The number of hydrogen-bond acceptors (Lipinski definition) is 2. The number of nitrogens with two attached hydrogens (primary N) is 1. The van der Waals surface area contributed by atoms with Crippen LogP contribution < -0.4 is 5.73 Å². The van der Waals surface area contributed by atoms with E-state index in [0.717, 1.165) is 14.9 Å². The second-order valence-electron chi connectivity index (χ2n) is 3.93. The highest BCUT2D eigenvalue weighted by Crippen LogP contribution is 2.30. The zero-order valence-electron chi connectivity index (χ0n) is 9.99. The molecule has 0 atom stereocenters. The molecular weight excluding hydrogens is 327 g/mol. The summed E-state index contributed by atoms with van der Waals surface area (Å²) in [7, 11) is 0. The topological polar surface area (TPSA) is 49.9 Å². The van der Waals surface area contributed by atoms with Gasteiger partial charge in [0.15, 0.2) is 0 Å². The fourth-order valence-electron chi connectivity index (χ4n) is 1.64. The molecule has 0 unspecified atom stereocenters. The third-order valence-electron chi connectivity index (χ3n) is 2.58. The minimum absolute atomic E-state index is 0.109. The lowest BCUT2D eigenvalue weighted by Crippen LogP contribution is -2.13. The lowest BCUT2D eigenvalue weighted by atomic mass is 10.1. The highest BCUT2D eigenvalue weighted by molar-refractivity contribution is 9.10. The van der Waals surface area contributed by atoms with Crippen LogP contribution in [0, 0.1) is 11.2 Å². The van der Waals surface area contributed by atoms with E-state index in [1.54, 1.807) is 17.8 Å². The van der Waals surface area contributed by atoms with E-state index < -0.39 is 0 Å². The van der Waals surface area contributed by atoms with Crippen LogP contribution in [-0.2, 0) is 5.75 Å². The molecule has 0 aliphatic rings. The Morgan fingerprint density at radius 1 is 1.26 bits per heavy atom. The van der Waals surface area contributed by atoms with Crippen LogP contribution in [0.25, 0.3) is 0 Å². The standard InChI is InChI=1S/C14H12BrFN2S/c15-12-3-1-2-4-13(12)19-8-9-5-6-10(16)7-11(9)14(17)18/h1-7H,8H2,(H3,17,18). The van der Waals surface area contributed by atoms with Gasteiger partial charge in [-0.1, -0.05) is 18.2 Å². The van der Waals surface area contributed by atoms with Gasteiger partial charge in [-0.3, -0.25) is 5.41 Å². The third kappa shape index (κ3) is 3.58. The predicted molar refractivity (Wildman–Crippen MR) is 81.1 cm³/mol. The van der Waals surface area contributed by atoms with E-state index in [-0.39, 0.29) is 11.7 Å². The van der Waals surface area contributed by atoms with E-state index in [1.807, 2.05) is 24.3 Å². The van der Waals surface area contributed by atoms with E-state index >= 15 is 0 Å². The average Bonchev–Trinajstić information content (AvgIpc) is 2.38. The summed E-state index contributed by atoms with van der Waals surface area (Å²) < 4.78 is 14.2. The first-order valence-corrected chi connectivity index (χ1v) is 7.36. The summed E-state index contributed by atoms with van der Waals surface area (Å²) in [6.07, 6.45) is 0. The molecule has 5 heteroatoms. The van der Waals surface area contributed by atoms with E-state index in [2.05, 4.69) is 15.9 Å². The van der Waals surface area contributed by atoms with Crippen molar-refractivity contribution in [1.82, 2.24) is 0 Å². The molecule has 0 saturated heterocycles. The Kier molecular flexibility index (Phi) is 4.61. The third-order valence-corrected chi connectivity index (χ3v) is 4.66. The molecule has 0 aromatic heterocycles. The van der Waals surface area contributed by atoms with Crippen LogP contribution in [0.15, 0.2) is 51.8 Å². The van der Waals surface area contributed by atoms with E-state index in [9.17, 15) is 4.39 Å². The van der Waals surface area contributed by atoms with Gasteiger partial charge < -0.3 is 5.73 Å². The van der Waals surface area contributed by atoms with Gasteiger partial charge in [0.05, 0.1) is 0 Å². The molecule has 0 aliphatic carbocycles. The molecule has 2 aromatic carbocycles. The number of halogens is 2. The van der Waals surface area contributed by atoms with Crippen LogP contribution >= 0.6 is 27.7 Å². The van der Waals surface area contributed by atoms with Gasteiger partial charge in [-0.15, -0.1) is 11.8 Å². The number of hydrogen-bond donors (Lipinski definition) is 2. The van der Waals surface area contributed by atoms with Crippen molar-refractivity contribution < 1.29 is 4.39 Å². The van der Waals surface area contributed by atoms with Gasteiger partial charge >= 0.3 is 0 Å². The molecule has 0 heterocycles. The van der Waals surface area contributed by atoms with Gasteiger partial charge in [-0.25, -0.2) is 4.39 Å². The lowest BCUT2D eigenvalue weighted by Gasteiger charge is -2.09. The van der Waals surface area contributed by atoms with Crippen molar-refractivity contribution in [3.8, 4) is 0 Å². The van der Waals surface area contributed by atoms with Crippen LogP contribution in [-0.4, -0.2) is 5.84 Å². The molecule has 0 saturated carbocycles. The maximum atomic E-state index is 13.2. The monoisotopic (exact) mass is 338 g/mol. The Bertz CT molecular complexity index is 616. The first kappa shape index (κ1) is 14.1. The molecule has 0 spiro atoms. The summed E-state index contributed by atoms with van der Waals surface area (Å²) in [4.78, 5) is 1.10. The zero-order valence-corrected chi connectivity index (χ0v) is 12.4. The van der Waals surface area contributed by atoms with Crippen LogP contribution in [0.3, 0.4) is 0 Å². The van der Waals surface area contributed by atoms with E-state index in [0.29, 0.717) is 11.3 Å². The van der Waals surface area contributed by atoms with Crippen LogP contribution in [0.2, 0.25) is 0 Å². The van der Waals surface area contributed by atoms with Crippen molar-refractivity contribution in [3.63, 3.8) is 0 Å². The Morgan fingerprint density at radius 3 is 2.68 bits per heavy atom. The van der Waals surface area contributed by atoms with Crippen molar-refractivity contribution in [1.29, 1.82) is 5.41 Å². The van der Waals surface area contributed by atoms with Gasteiger partial charge in [0.2, 0.25) is 0 Å². The molecular formula is C14H12BrFN2S. The van der Waals surface area contributed by atoms with Crippen molar-refractivity contribution in [3.05, 3.63) is 63.9 Å². The van der Waals surface area contributed by atoms with E-state index in [4.69, 9.17) is 11.1 Å². The van der Waals surface area contributed by atoms with Crippen molar-refractivity contribution in [2.45, 2.75) is 10.6 Å². The highest BCUT2D eigenvalue weighted by Gasteiger charge is 2.08. The Hall–Kier alpha value is -1.33. The molecule has 2 rings (SSSR count).